The van der Waals surface area contributed by atoms with Crippen molar-refractivity contribution in [3.05, 3.63) is 53.4 Å². The van der Waals surface area contributed by atoms with E-state index in [0.29, 0.717) is 11.3 Å². The second-order valence-electron chi connectivity index (χ2n) is 9.83. The molecule has 2 unspecified atom stereocenters. The predicted molar refractivity (Wildman–Crippen MR) is 125 cm³/mol. The van der Waals surface area contributed by atoms with Gasteiger partial charge in [-0.05, 0) is 85.8 Å². The highest BCUT2D eigenvalue weighted by molar-refractivity contribution is 5.86. The number of halogens is 3. The molecule has 4 atom stereocenters. The first-order chi connectivity index (χ1) is 15.5. The number of ether oxygens (including phenoxy) is 1. The van der Waals surface area contributed by atoms with Crippen molar-refractivity contribution in [2.45, 2.75) is 77.6 Å². The van der Waals surface area contributed by atoms with Gasteiger partial charge in [0.1, 0.15) is 12.4 Å². The molecule has 0 radical (unpaired) electrons. The molecule has 4 rings (SSSR count). The summed E-state index contributed by atoms with van der Waals surface area (Å²) in [5, 5.41) is 0.0922. The molecule has 0 saturated heterocycles. The van der Waals surface area contributed by atoms with Crippen LogP contribution in [0.2, 0.25) is 0 Å². The van der Waals surface area contributed by atoms with E-state index >= 15 is 0 Å². The van der Waals surface area contributed by atoms with Gasteiger partial charge in [-0.1, -0.05) is 50.8 Å². The molecule has 0 aromatic heterocycles. The number of hydrogen-bond acceptors (Lipinski definition) is 1. The fraction of sp³-hybridized carbons (Fsp3) is 0.571. The van der Waals surface area contributed by atoms with Gasteiger partial charge in [0.25, 0.3) is 0 Å². The smallest absolute Gasteiger partial charge is 0.201 e. The molecule has 2 fully saturated rings. The van der Waals surface area contributed by atoms with E-state index in [9.17, 15) is 13.2 Å². The van der Waals surface area contributed by atoms with Crippen molar-refractivity contribution in [1.29, 1.82) is 0 Å². The van der Waals surface area contributed by atoms with E-state index in [0.717, 1.165) is 30.2 Å². The number of allylic oxidation sites excluding steroid dienone is 1. The summed E-state index contributed by atoms with van der Waals surface area (Å²) in [6.45, 7) is 4.23. The first-order valence-corrected chi connectivity index (χ1v) is 12.4. The molecule has 0 N–H and O–H groups in total. The minimum absolute atomic E-state index is 0.144. The van der Waals surface area contributed by atoms with Crippen molar-refractivity contribution >= 4 is 10.8 Å². The number of benzene rings is 2. The van der Waals surface area contributed by atoms with E-state index < -0.39 is 17.5 Å². The van der Waals surface area contributed by atoms with Crippen molar-refractivity contribution in [3.63, 3.8) is 0 Å². The first kappa shape index (κ1) is 23.2. The van der Waals surface area contributed by atoms with Gasteiger partial charge in [-0.15, -0.1) is 0 Å². The van der Waals surface area contributed by atoms with E-state index in [-0.39, 0.29) is 23.7 Å². The topological polar surface area (TPSA) is 9.23 Å². The third kappa shape index (κ3) is 4.84. The van der Waals surface area contributed by atoms with Crippen LogP contribution in [0.4, 0.5) is 13.2 Å². The highest BCUT2D eigenvalue weighted by Crippen LogP contribution is 2.49. The quantitative estimate of drug-likeness (QED) is 0.388. The van der Waals surface area contributed by atoms with Crippen LogP contribution in [0.3, 0.4) is 0 Å². The number of unbranched alkanes of at least 4 members (excludes halogenated alkanes) is 1. The molecule has 2 aliphatic rings. The number of hydrogen-bond donors (Lipinski definition) is 0. The Kier molecular flexibility index (Phi) is 7.48. The van der Waals surface area contributed by atoms with Crippen LogP contribution in [0.5, 0.6) is 5.75 Å². The summed E-state index contributed by atoms with van der Waals surface area (Å²) in [7, 11) is 0. The third-order valence-electron chi connectivity index (χ3n) is 7.79. The molecule has 0 heterocycles. The monoisotopic (exact) mass is 444 g/mol. The molecule has 2 aromatic carbocycles. The summed E-state index contributed by atoms with van der Waals surface area (Å²) in [6, 6.07) is 4.72. The second kappa shape index (κ2) is 10.3. The van der Waals surface area contributed by atoms with Gasteiger partial charge in [0.05, 0.1) is 5.39 Å². The zero-order valence-electron chi connectivity index (χ0n) is 19.3. The van der Waals surface area contributed by atoms with Crippen molar-refractivity contribution in [2.24, 2.45) is 17.8 Å². The van der Waals surface area contributed by atoms with Crippen LogP contribution in [-0.4, -0.2) is 6.61 Å². The summed E-state index contributed by atoms with van der Waals surface area (Å²) in [5.74, 6) is -0.490. The molecule has 32 heavy (non-hydrogen) atoms. The van der Waals surface area contributed by atoms with Gasteiger partial charge in [0.15, 0.2) is 11.6 Å². The van der Waals surface area contributed by atoms with E-state index in [4.69, 9.17) is 4.74 Å². The Morgan fingerprint density at radius 3 is 2.53 bits per heavy atom. The lowest BCUT2D eigenvalue weighted by Crippen LogP contribution is -2.30. The Hall–Kier alpha value is -1.97. The van der Waals surface area contributed by atoms with Crippen LogP contribution in [-0.2, 0) is 0 Å². The Morgan fingerprint density at radius 1 is 0.969 bits per heavy atom. The molecule has 174 valence electrons. The average molecular weight is 445 g/mol. The normalized spacial score (nSPS) is 25.9. The molecular weight excluding hydrogens is 409 g/mol. The van der Waals surface area contributed by atoms with Crippen molar-refractivity contribution in [1.82, 2.24) is 0 Å². The van der Waals surface area contributed by atoms with Gasteiger partial charge in [0, 0.05) is 0 Å². The molecule has 0 bridgehead atoms. The van der Waals surface area contributed by atoms with Crippen LogP contribution in [0, 0.1) is 35.2 Å². The predicted octanol–water partition coefficient (Wildman–Crippen LogP) is 8.70. The average Bonchev–Trinajstić information content (AvgIpc) is 2.80. The summed E-state index contributed by atoms with van der Waals surface area (Å²) in [6.07, 6.45) is 14.7. The largest absolute Gasteiger partial charge is 0.486 e. The summed E-state index contributed by atoms with van der Waals surface area (Å²) in [4.78, 5) is 0. The lowest BCUT2D eigenvalue weighted by atomic mass is 9.63. The van der Waals surface area contributed by atoms with Crippen molar-refractivity contribution < 1.29 is 17.9 Å². The SMILES string of the molecule is C/C=C/COc1cc2cc([C@@H]3CC[C@@H]4CC(CCCC)CCC4C3)cc(F)c2c(F)c1F. The van der Waals surface area contributed by atoms with Gasteiger partial charge < -0.3 is 4.74 Å². The highest BCUT2D eigenvalue weighted by Gasteiger charge is 2.36. The molecular formula is C28H35F3O. The van der Waals surface area contributed by atoms with Gasteiger partial charge in [-0.2, -0.15) is 4.39 Å². The van der Waals surface area contributed by atoms with Gasteiger partial charge in [-0.3, -0.25) is 0 Å². The molecule has 1 nitrogen and oxygen atoms in total. The molecule has 0 amide bonds. The lowest BCUT2D eigenvalue weighted by molar-refractivity contribution is 0.113. The van der Waals surface area contributed by atoms with Crippen molar-refractivity contribution in [2.75, 3.05) is 6.61 Å². The fourth-order valence-corrected chi connectivity index (χ4v) is 6.04. The minimum atomic E-state index is -1.17. The van der Waals surface area contributed by atoms with Crippen LogP contribution < -0.4 is 4.74 Å². The Labute approximate surface area is 190 Å². The highest BCUT2D eigenvalue weighted by atomic mass is 19.2. The minimum Gasteiger partial charge on any atom is -0.486 e. The molecule has 0 aliphatic heterocycles. The third-order valence-corrected chi connectivity index (χ3v) is 7.79. The molecule has 2 saturated carbocycles. The Balaban J connectivity index is 1.54. The van der Waals surface area contributed by atoms with Crippen LogP contribution >= 0.6 is 0 Å². The zero-order valence-corrected chi connectivity index (χ0v) is 19.3. The summed E-state index contributed by atoms with van der Waals surface area (Å²) >= 11 is 0. The molecule has 4 heteroatoms. The Morgan fingerprint density at radius 2 is 1.75 bits per heavy atom. The maximum Gasteiger partial charge on any atom is 0.201 e. The second-order valence-corrected chi connectivity index (χ2v) is 9.83. The first-order valence-electron chi connectivity index (χ1n) is 12.4. The van der Waals surface area contributed by atoms with Crippen molar-refractivity contribution in [3.8, 4) is 5.75 Å². The van der Waals surface area contributed by atoms with Crippen LogP contribution in [0.25, 0.3) is 10.8 Å². The summed E-state index contributed by atoms with van der Waals surface area (Å²) < 4.78 is 49.3. The van der Waals surface area contributed by atoms with E-state index in [2.05, 4.69) is 6.92 Å². The lowest BCUT2D eigenvalue weighted by Gasteiger charge is -2.42. The zero-order chi connectivity index (χ0) is 22.7. The molecule has 2 aliphatic carbocycles. The van der Waals surface area contributed by atoms with Gasteiger partial charge in [-0.25, -0.2) is 8.78 Å². The van der Waals surface area contributed by atoms with Crippen LogP contribution in [0.1, 0.15) is 83.1 Å². The standard InChI is InChI=1S/C28H35F3O/c1-3-5-7-18-8-9-20-14-21(11-10-19(20)13-18)22-15-23-17-25(32-12-6-4-2)27(30)28(31)26(23)24(29)16-22/h4,6,15-21H,3,5,7-14H2,1-2H3/b6-4+/t18?,19-,20?,21-/m1/s1. The van der Waals surface area contributed by atoms with E-state index in [1.54, 1.807) is 12.2 Å². The number of rotatable bonds is 7. The van der Waals surface area contributed by atoms with Gasteiger partial charge >= 0.3 is 0 Å². The molecule has 0 spiro atoms. The maximum atomic E-state index is 14.9. The van der Waals surface area contributed by atoms with Crippen LogP contribution in [0.15, 0.2) is 30.4 Å². The Bertz CT molecular complexity index is 967. The fourth-order valence-electron chi connectivity index (χ4n) is 6.04. The number of fused-ring (bicyclic) bond motifs is 2. The van der Waals surface area contributed by atoms with E-state index in [1.165, 1.54) is 57.1 Å². The van der Waals surface area contributed by atoms with E-state index in [1.807, 2.05) is 13.0 Å². The maximum absolute atomic E-state index is 14.9. The summed E-state index contributed by atoms with van der Waals surface area (Å²) in [5.41, 5.74) is 0.909. The molecule has 2 aromatic rings. The van der Waals surface area contributed by atoms with Gasteiger partial charge in [0.2, 0.25) is 5.82 Å².